The minimum absolute atomic E-state index is 0.194. The average Bonchev–Trinajstić information content (AvgIpc) is 2.69. The van der Waals surface area contributed by atoms with E-state index < -0.39 is 0 Å². The molecular formula is C15H29N3. The van der Waals surface area contributed by atoms with Crippen molar-refractivity contribution in [3.8, 4) is 0 Å². The van der Waals surface area contributed by atoms with Crippen molar-refractivity contribution in [2.24, 2.45) is 12.5 Å². The van der Waals surface area contributed by atoms with Crippen LogP contribution in [-0.2, 0) is 13.5 Å². The van der Waals surface area contributed by atoms with E-state index in [1.807, 2.05) is 12.4 Å². The van der Waals surface area contributed by atoms with Crippen molar-refractivity contribution >= 4 is 0 Å². The molecule has 1 heterocycles. The zero-order valence-electron chi connectivity index (χ0n) is 12.9. The molecule has 0 aromatic carbocycles. The fourth-order valence-corrected chi connectivity index (χ4v) is 1.92. The van der Waals surface area contributed by atoms with Crippen LogP contribution in [0.3, 0.4) is 0 Å². The maximum Gasteiger partial charge on any atom is 0.108 e. The zero-order chi connectivity index (χ0) is 13.8. The van der Waals surface area contributed by atoms with Crippen LogP contribution in [0, 0.1) is 5.41 Å². The first-order valence-electron chi connectivity index (χ1n) is 6.97. The lowest BCUT2D eigenvalue weighted by Crippen LogP contribution is -2.43. The van der Waals surface area contributed by atoms with E-state index in [0.29, 0.717) is 5.41 Å². The minimum atomic E-state index is 0.194. The molecule has 1 N–H and O–H groups in total. The molecule has 1 aromatic heterocycles. The Hall–Kier alpha value is -0.830. The van der Waals surface area contributed by atoms with Gasteiger partial charge in [-0.2, -0.15) is 0 Å². The lowest BCUT2D eigenvalue weighted by molar-refractivity contribution is 0.237. The topological polar surface area (TPSA) is 29.9 Å². The van der Waals surface area contributed by atoms with Crippen LogP contribution in [-0.4, -0.2) is 21.6 Å². The summed E-state index contributed by atoms with van der Waals surface area (Å²) in [5.41, 5.74) is 0.541. The maximum atomic E-state index is 4.40. The van der Waals surface area contributed by atoms with Gasteiger partial charge in [-0.25, -0.2) is 4.98 Å². The number of hydrogen-bond acceptors (Lipinski definition) is 2. The maximum absolute atomic E-state index is 4.40. The quantitative estimate of drug-likeness (QED) is 0.841. The van der Waals surface area contributed by atoms with E-state index in [0.717, 1.165) is 13.0 Å². The molecule has 0 aliphatic carbocycles. The number of aromatic nitrogens is 2. The number of aryl methyl sites for hydroxylation is 2. The van der Waals surface area contributed by atoms with Gasteiger partial charge < -0.3 is 9.88 Å². The molecule has 3 nitrogen and oxygen atoms in total. The monoisotopic (exact) mass is 251 g/mol. The van der Waals surface area contributed by atoms with E-state index >= 15 is 0 Å². The van der Waals surface area contributed by atoms with E-state index in [1.165, 1.54) is 18.7 Å². The number of nitrogens with zero attached hydrogens (tertiary/aromatic N) is 2. The Morgan fingerprint density at radius 2 is 1.94 bits per heavy atom. The third-order valence-corrected chi connectivity index (χ3v) is 3.77. The summed E-state index contributed by atoms with van der Waals surface area (Å²) in [4.78, 5) is 4.40. The molecule has 0 spiro atoms. The minimum Gasteiger partial charge on any atom is -0.338 e. The largest absolute Gasteiger partial charge is 0.338 e. The molecule has 1 atom stereocenters. The molecule has 1 unspecified atom stereocenters. The third-order valence-electron chi connectivity index (χ3n) is 3.77. The van der Waals surface area contributed by atoms with Crippen LogP contribution in [0.25, 0.3) is 0 Å². The number of rotatable bonds is 6. The van der Waals surface area contributed by atoms with Crippen LogP contribution in [0.4, 0.5) is 0 Å². The Bertz CT molecular complexity index is 362. The van der Waals surface area contributed by atoms with Gasteiger partial charge in [0.25, 0.3) is 0 Å². The number of imidazole rings is 1. The molecule has 0 aliphatic heterocycles. The van der Waals surface area contributed by atoms with Crippen molar-refractivity contribution in [2.75, 3.05) is 6.54 Å². The SMILES string of the molecule is CCC(C)(CCc1nccn1C)CNC(C)(C)C. The summed E-state index contributed by atoms with van der Waals surface area (Å²) in [6, 6.07) is 0. The van der Waals surface area contributed by atoms with Gasteiger partial charge in [-0.1, -0.05) is 13.8 Å². The lowest BCUT2D eigenvalue weighted by atomic mass is 9.82. The average molecular weight is 251 g/mol. The van der Waals surface area contributed by atoms with Crippen LogP contribution in [0.1, 0.15) is 53.3 Å². The molecular weight excluding hydrogens is 222 g/mol. The van der Waals surface area contributed by atoms with Gasteiger partial charge in [-0.15, -0.1) is 0 Å². The van der Waals surface area contributed by atoms with Crippen molar-refractivity contribution < 1.29 is 0 Å². The van der Waals surface area contributed by atoms with Gasteiger partial charge in [0.15, 0.2) is 0 Å². The molecule has 0 saturated carbocycles. The highest BCUT2D eigenvalue weighted by Gasteiger charge is 2.24. The predicted octanol–water partition coefficient (Wildman–Crippen LogP) is 3.16. The van der Waals surface area contributed by atoms with Crippen molar-refractivity contribution in [2.45, 2.75) is 59.4 Å². The summed E-state index contributed by atoms with van der Waals surface area (Å²) in [7, 11) is 2.07. The number of nitrogens with one attached hydrogen (secondary N) is 1. The second-order valence-corrected chi connectivity index (χ2v) is 6.72. The van der Waals surface area contributed by atoms with Crippen molar-refractivity contribution in [3.05, 3.63) is 18.2 Å². The molecule has 0 fully saturated rings. The van der Waals surface area contributed by atoms with Crippen molar-refractivity contribution in [3.63, 3.8) is 0 Å². The fraction of sp³-hybridized carbons (Fsp3) is 0.800. The summed E-state index contributed by atoms with van der Waals surface area (Å²) in [6.07, 6.45) is 7.33. The summed E-state index contributed by atoms with van der Waals surface area (Å²) in [6.45, 7) is 12.4. The number of hydrogen-bond donors (Lipinski definition) is 1. The van der Waals surface area contributed by atoms with Gasteiger partial charge in [0.2, 0.25) is 0 Å². The van der Waals surface area contributed by atoms with E-state index in [1.54, 1.807) is 0 Å². The van der Waals surface area contributed by atoms with Gasteiger partial charge in [0.1, 0.15) is 5.82 Å². The highest BCUT2D eigenvalue weighted by molar-refractivity contribution is 4.93. The summed E-state index contributed by atoms with van der Waals surface area (Å²) in [5.74, 6) is 1.19. The van der Waals surface area contributed by atoms with Crippen LogP contribution < -0.4 is 5.32 Å². The second kappa shape index (κ2) is 5.87. The molecule has 1 rings (SSSR count). The molecule has 0 amide bonds. The predicted molar refractivity (Wildman–Crippen MR) is 77.7 cm³/mol. The van der Waals surface area contributed by atoms with Crippen molar-refractivity contribution in [1.82, 2.24) is 14.9 Å². The summed E-state index contributed by atoms with van der Waals surface area (Å²) in [5, 5.41) is 3.63. The van der Waals surface area contributed by atoms with E-state index in [9.17, 15) is 0 Å². The van der Waals surface area contributed by atoms with Gasteiger partial charge in [0, 0.05) is 37.9 Å². The Balaban J connectivity index is 2.52. The van der Waals surface area contributed by atoms with E-state index in [2.05, 4.69) is 56.5 Å². The third kappa shape index (κ3) is 4.81. The van der Waals surface area contributed by atoms with E-state index in [4.69, 9.17) is 0 Å². The molecule has 18 heavy (non-hydrogen) atoms. The molecule has 0 saturated heterocycles. The van der Waals surface area contributed by atoms with Crippen molar-refractivity contribution in [1.29, 1.82) is 0 Å². The van der Waals surface area contributed by atoms with Gasteiger partial charge >= 0.3 is 0 Å². The molecule has 1 aromatic rings. The summed E-state index contributed by atoms with van der Waals surface area (Å²) < 4.78 is 2.12. The van der Waals surface area contributed by atoms with Crippen LogP contribution in [0.2, 0.25) is 0 Å². The Morgan fingerprint density at radius 1 is 1.28 bits per heavy atom. The highest BCUT2D eigenvalue weighted by atomic mass is 15.0. The highest BCUT2D eigenvalue weighted by Crippen LogP contribution is 2.27. The Labute approximate surface area is 112 Å². The van der Waals surface area contributed by atoms with E-state index in [-0.39, 0.29) is 5.54 Å². The van der Waals surface area contributed by atoms with Gasteiger partial charge in [-0.3, -0.25) is 0 Å². The zero-order valence-corrected chi connectivity index (χ0v) is 12.9. The van der Waals surface area contributed by atoms with Gasteiger partial charge in [0.05, 0.1) is 0 Å². The first-order chi connectivity index (χ1) is 8.26. The standard InChI is InChI=1S/C15H29N3/c1-7-15(5,12-17-14(2,3)4)9-8-13-16-10-11-18(13)6/h10-11,17H,7-9,12H2,1-6H3. The smallest absolute Gasteiger partial charge is 0.108 e. The fourth-order valence-electron chi connectivity index (χ4n) is 1.92. The van der Waals surface area contributed by atoms with Gasteiger partial charge in [-0.05, 0) is 39.0 Å². The molecule has 0 bridgehead atoms. The first kappa shape index (κ1) is 15.2. The first-order valence-corrected chi connectivity index (χ1v) is 6.97. The molecule has 104 valence electrons. The molecule has 0 aliphatic rings. The van der Waals surface area contributed by atoms with Crippen LogP contribution in [0.5, 0.6) is 0 Å². The molecule has 3 heteroatoms. The Kier molecular flexibility index (Phi) is 4.97. The van der Waals surface area contributed by atoms with Crippen LogP contribution >= 0.6 is 0 Å². The second-order valence-electron chi connectivity index (χ2n) is 6.72. The summed E-state index contributed by atoms with van der Waals surface area (Å²) >= 11 is 0. The normalized spacial score (nSPS) is 15.7. The lowest BCUT2D eigenvalue weighted by Gasteiger charge is -2.33. The Morgan fingerprint density at radius 3 is 2.39 bits per heavy atom. The van der Waals surface area contributed by atoms with Crippen LogP contribution in [0.15, 0.2) is 12.4 Å². The molecule has 0 radical (unpaired) electrons.